The third-order valence-corrected chi connectivity index (χ3v) is 2.90. The lowest BCUT2D eigenvalue weighted by Crippen LogP contribution is -2.21. The molecule has 1 rings (SSSR count). The summed E-state index contributed by atoms with van der Waals surface area (Å²) in [5.41, 5.74) is 6.67. The number of halogens is 1. The van der Waals surface area contributed by atoms with Crippen LogP contribution in [0.15, 0.2) is 18.2 Å². The van der Waals surface area contributed by atoms with Gasteiger partial charge in [-0.3, -0.25) is 0 Å². The summed E-state index contributed by atoms with van der Waals surface area (Å²) in [5.74, 6) is -0.265. The van der Waals surface area contributed by atoms with Crippen LogP contribution in [0.4, 0.5) is 4.39 Å². The summed E-state index contributed by atoms with van der Waals surface area (Å²) in [6, 6.07) is 4.88. The van der Waals surface area contributed by atoms with Crippen LogP contribution in [0.5, 0.6) is 0 Å². The Balaban J connectivity index is 2.59. The van der Waals surface area contributed by atoms with Gasteiger partial charge >= 0.3 is 0 Å². The van der Waals surface area contributed by atoms with E-state index in [1.165, 1.54) is 6.07 Å². The van der Waals surface area contributed by atoms with Crippen LogP contribution in [0.2, 0.25) is 0 Å². The molecule has 0 saturated heterocycles. The normalized spacial score (nSPS) is 10.9. The summed E-state index contributed by atoms with van der Waals surface area (Å²) in [5, 5.41) is 0. The number of rotatable bonds is 7. The van der Waals surface area contributed by atoms with Crippen molar-refractivity contribution in [3.05, 3.63) is 35.1 Å². The SMILES string of the molecule is COCCCN(C)Cc1ccc(C(N)=S)cc1F. The van der Waals surface area contributed by atoms with Crippen molar-refractivity contribution in [1.82, 2.24) is 4.90 Å². The summed E-state index contributed by atoms with van der Waals surface area (Å²) < 4.78 is 18.8. The van der Waals surface area contributed by atoms with Gasteiger partial charge in [-0.2, -0.15) is 0 Å². The molecule has 0 saturated carbocycles. The third kappa shape index (κ3) is 4.68. The summed E-state index contributed by atoms with van der Waals surface area (Å²) in [4.78, 5) is 2.27. The van der Waals surface area contributed by atoms with Crippen LogP contribution in [0.1, 0.15) is 17.5 Å². The number of hydrogen-bond donors (Lipinski definition) is 1. The molecule has 0 fully saturated rings. The van der Waals surface area contributed by atoms with Crippen molar-refractivity contribution in [2.24, 2.45) is 5.73 Å². The van der Waals surface area contributed by atoms with Crippen LogP contribution < -0.4 is 5.73 Å². The van der Waals surface area contributed by atoms with Gasteiger partial charge in [0.25, 0.3) is 0 Å². The molecule has 0 unspecified atom stereocenters. The predicted molar refractivity (Wildman–Crippen MR) is 75.1 cm³/mol. The molecule has 0 bridgehead atoms. The Morgan fingerprint density at radius 1 is 1.50 bits per heavy atom. The first kappa shape index (κ1) is 15.0. The fourth-order valence-electron chi connectivity index (χ4n) is 1.68. The highest BCUT2D eigenvalue weighted by Crippen LogP contribution is 2.12. The van der Waals surface area contributed by atoms with E-state index in [9.17, 15) is 4.39 Å². The predicted octanol–water partition coefficient (Wildman–Crippen LogP) is 1.93. The minimum Gasteiger partial charge on any atom is -0.389 e. The second kappa shape index (κ2) is 7.41. The number of nitrogens with zero attached hydrogens (tertiary/aromatic N) is 1. The lowest BCUT2D eigenvalue weighted by atomic mass is 10.1. The molecule has 0 aliphatic rings. The van der Waals surface area contributed by atoms with E-state index < -0.39 is 0 Å². The van der Waals surface area contributed by atoms with E-state index in [1.54, 1.807) is 19.2 Å². The number of ether oxygens (including phenoxy) is 1. The molecule has 0 aliphatic heterocycles. The van der Waals surface area contributed by atoms with Gasteiger partial charge in [0.1, 0.15) is 10.8 Å². The van der Waals surface area contributed by atoms with Gasteiger partial charge in [-0.15, -0.1) is 0 Å². The highest BCUT2D eigenvalue weighted by Gasteiger charge is 2.07. The van der Waals surface area contributed by atoms with Gasteiger partial charge in [0.15, 0.2) is 0 Å². The van der Waals surface area contributed by atoms with Crippen molar-refractivity contribution < 1.29 is 9.13 Å². The van der Waals surface area contributed by atoms with Crippen LogP contribution in [-0.4, -0.2) is 37.2 Å². The van der Waals surface area contributed by atoms with Gasteiger partial charge in [0, 0.05) is 37.9 Å². The quantitative estimate of drug-likeness (QED) is 0.607. The minimum absolute atomic E-state index is 0.217. The van der Waals surface area contributed by atoms with E-state index in [1.807, 2.05) is 7.05 Å². The molecule has 0 atom stereocenters. The van der Waals surface area contributed by atoms with E-state index in [4.69, 9.17) is 22.7 Å². The molecule has 0 amide bonds. The lowest BCUT2D eigenvalue weighted by molar-refractivity contribution is 0.178. The smallest absolute Gasteiger partial charge is 0.128 e. The van der Waals surface area contributed by atoms with Crippen molar-refractivity contribution in [2.75, 3.05) is 27.3 Å². The Labute approximate surface area is 113 Å². The Kier molecular flexibility index (Phi) is 6.18. The van der Waals surface area contributed by atoms with Crippen molar-refractivity contribution in [3.8, 4) is 0 Å². The van der Waals surface area contributed by atoms with Crippen molar-refractivity contribution in [2.45, 2.75) is 13.0 Å². The van der Waals surface area contributed by atoms with Gasteiger partial charge in [0.05, 0.1) is 0 Å². The zero-order valence-electron chi connectivity index (χ0n) is 10.8. The van der Waals surface area contributed by atoms with E-state index in [2.05, 4.69) is 4.90 Å². The molecule has 100 valence electrons. The minimum atomic E-state index is -0.265. The van der Waals surface area contributed by atoms with Crippen molar-refractivity contribution in [3.63, 3.8) is 0 Å². The Bertz CT molecular complexity index is 412. The van der Waals surface area contributed by atoms with E-state index in [0.717, 1.165) is 13.0 Å². The number of hydrogen-bond acceptors (Lipinski definition) is 3. The number of nitrogens with two attached hydrogens (primary N) is 1. The number of thiocarbonyl (C=S) groups is 1. The van der Waals surface area contributed by atoms with Gasteiger partial charge < -0.3 is 15.4 Å². The molecule has 0 radical (unpaired) electrons. The highest BCUT2D eigenvalue weighted by atomic mass is 32.1. The average Bonchev–Trinajstić information content (AvgIpc) is 2.32. The first-order valence-corrected chi connectivity index (χ1v) is 6.21. The zero-order chi connectivity index (χ0) is 13.5. The molecular formula is C13H19FN2OS. The van der Waals surface area contributed by atoms with Crippen molar-refractivity contribution in [1.29, 1.82) is 0 Å². The molecule has 0 spiro atoms. The highest BCUT2D eigenvalue weighted by molar-refractivity contribution is 7.80. The molecule has 1 aromatic carbocycles. The zero-order valence-corrected chi connectivity index (χ0v) is 11.6. The largest absolute Gasteiger partial charge is 0.389 e. The summed E-state index contributed by atoms with van der Waals surface area (Å²) in [7, 11) is 3.63. The van der Waals surface area contributed by atoms with Crippen LogP contribution in [0.25, 0.3) is 0 Å². The van der Waals surface area contributed by atoms with Gasteiger partial charge in [-0.25, -0.2) is 4.39 Å². The Hall–Kier alpha value is -1.04. The summed E-state index contributed by atoms with van der Waals surface area (Å²) in [6.45, 7) is 2.14. The Morgan fingerprint density at radius 3 is 2.78 bits per heavy atom. The topological polar surface area (TPSA) is 38.5 Å². The molecule has 3 nitrogen and oxygen atoms in total. The first-order valence-electron chi connectivity index (χ1n) is 5.80. The third-order valence-electron chi connectivity index (χ3n) is 2.67. The molecule has 1 aromatic rings. The Morgan fingerprint density at radius 2 is 2.22 bits per heavy atom. The number of methoxy groups -OCH3 is 1. The lowest BCUT2D eigenvalue weighted by Gasteiger charge is -2.17. The van der Waals surface area contributed by atoms with Crippen LogP contribution in [0.3, 0.4) is 0 Å². The monoisotopic (exact) mass is 270 g/mol. The molecule has 18 heavy (non-hydrogen) atoms. The van der Waals surface area contributed by atoms with Crippen LogP contribution in [-0.2, 0) is 11.3 Å². The van der Waals surface area contributed by atoms with Gasteiger partial charge in [-0.05, 0) is 19.5 Å². The maximum absolute atomic E-state index is 13.8. The maximum atomic E-state index is 13.8. The maximum Gasteiger partial charge on any atom is 0.128 e. The molecule has 2 N–H and O–H groups in total. The average molecular weight is 270 g/mol. The molecule has 5 heteroatoms. The van der Waals surface area contributed by atoms with Crippen molar-refractivity contribution >= 4 is 17.2 Å². The summed E-state index contributed by atoms with van der Waals surface area (Å²) in [6.07, 6.45) is 0.930. The summed E-state index contributed by atoms with van der Waals surface area (Å²) >= 11 is 4.81. The standard InChI is InChI=1S/C13H19FN2OS/c1-16(6-3-7-17-2)9-11-5-4-10(13(15)18)8-12(11)14/h4-5,8H,3,6-7,9H2,1-2H3,(H2,15,18). The van der Waals surface area contributed by atoms with Crippen LogP contribution in [0, 0.1) is 5.82 Å². The fraction of sp³-hybridized carbons (Fsp3) is 0.462. The first-order chi connectivity index (χ1) is 8.54. The number of benzene rings is 1. The van der Waals surface area contributed by atoms with E-state index in [0.29, 0.717) is 24.3 Å². The van der Waals surface area contributed by atoms with Gasteiger partial charge in [-0.1, -0.05) is 24.4 Å². The van der Waals surface area contributed by atoms with E-state index in [-0.39, 0.29) is 10.8 Å². The molecule has 0 heterocycles. The molecule has 0 aliphatic carbocycles. The molecule has 0 aromatic heterocycles. The van der Waals surface area contributed by atoms with Gasteiger partial charge in [0.2, 0.25) is 0 Å². The second-order valence-corrected chi connectivity index (χ2v) is 4.69. The molecular weight excluding hydrogens is 251 g/mol. The fourth-order valence-corrected chi connectivity index (χ4v) is 1.80. The second-order valence-electron chi connectivity index (χ2n) is 4.25. The van der Waals surface area contributed by atoms with Crippen LogP contribution >= 0.6 is 12.2 Å². The van der Waals surface area contributed by atoms with E-state index >= 15 is 0 Å².